The second-order valence-electron chi connectivity index (χ2n) is 3.95. The number of ether oxygens (including phenoxy) is 1. The van der Waals surface area contributed by atoms with E-state index >= 15 is 0 Å². The zero-order valence-corrected chi connectivity index (χ0v) is 8.33. The van der Waals surface area contributed by atoms with Crippen molar-refractivity contribution >= 4 is 12.4 Å². The van der Waals surface area contributed by atoms with Gasteiger partial charge in [-0.1, -0.05) is 0 Å². The molecule has 1 aliphatic heterocycles. The second kappa shape index (κ2) is 4.29. The van der Waals surface area contributed by atoms with Crippen LogP contribution >= 0.6 is 12.4 Å². The van der Waals surface area contributed by atoms with Crippen LogP contribution in [0.3, 0.4) is 0 Å². The molecule has 0 radical (unpaired) electrons. The number of hydrogen-bond acceptors (Lipinski definition) is 2. The van der Waals surface area contributed by atoms with E-state index in [9.17, 15) is 0 Å². The van der Waals surface area contributed by atoms with E-state index < -0.39 is 0 Å². The highest BCUT2D eigenvalue weighted by atomic mass is 35.5. The standard InChI is InChI=1S/C8H17NO.ClH/c1-8(2,3)10-6-7-4-9-5-7;/h7,9H,4-6H2,1-3H3;1H. The van der Waals surface area contributed by atoms with E-state index in [4.69, 9.17) is 4.74 Å². The summed E-state index contributed by atoms with van der Waals surface area (Å²) in [5.74, 6) is 0.763. The average molecular weight is 180 g/mol. The van der Waals surface area contributed by atoms with Crippen molar-refractivity contribution in [3.05, 3.63) is 0 Å². The molecule has 1 heterocycles. The van der Waals surface area contributed by atoms with Gasteiger partial charge in [-0.05, 0) is 20.8 Å². The zero-order valence-electron chi connectivity index (χ0n) is 7.52. The van der Waals surface area contributed by atoms with E-state index in [2.05, 4.69) is 26.1 Å². The first kappa shape index (κ1) is 11.2. The molecular formula is C8H18ClNO. The Morgan fingerprint density at radius 3 is 2.18 bits per heavy atom. The molecule has 0 aliphatic carbocycles. The quantitative estimate of drug-likeness (QED) is 0.693. The molecule has 0 aromatic carbocycles. The van der Waals surface area contributed by atoms with Crippen molar-refractivity contribution in [1.82, 2.24) is 5.32 Å². The highest BCUT2D eigenvalue weighted by Gasteiger charge is 2.19. The third-order valence-corrected chi connectivity index (χ3v) is 1.62. The fourth-order valence-corrected chi connectivity index (χ4v) is 0.834. The lowest BCUT2D eigenvalue weighted by Gasteiger charge is -2.30. The first-order chi connectivity index (χ1) is 4.58. The molecule has 68 valence electrons. The molecule has 0 aromatic heterocycles. The molecule has 11 heavy (non-hydrogen) atoms. The van der Waals surface area contributed by atoms with Gasteiger partial charge in [0.05, 0.1) is 12.2 Å². The van der Waals surface area contributed by atoms with Crippen LogP contribution in [-0.2, 0) is 4.74 Å². The maximum Gasteiger partial charge on any atom is 0.0598 e. The highest BCUT2D eigenvalue weighted by molar-refractivity contribution is 5.85. The molecule has 1 N–H and O–H groups in total. The van der Waals surface area contributed by atoms with E-state index in [1.165, 1.54) is 0 Å². The third kappa shape index (κ3) is 4.62. The fraction of sp³-hybridized carbons (Fsp3) is 1.00. The molecule has 0 unspecified atom stereocenters. The van der Waals surface area contributed by atoms with Crippen molar-refractivity contribution in [2.45, 2.75) is 26.4 Å². The lowest BCUT2D eigenvalue weighted by atomic mass is 10.0. The summed E-state index contributed by atoms with van der Waals surface area (Å²) in [6, 6.07) is 0. The second-order valence-corrected chi connectivity index (χ2v) is 3.95. The van der Waals surface area contributed by atoms with E-state index in [1.807, 2.05) is 0 Å². The van der Waals surface area contributed by atoms with Gasteiger partial charge in [-0.2, -0.15) is 0 Å². The first-order valence-electron chi connectivity index (χ1n) is 3.92. The van der Waals surface area contributed by atoms with Gasteiger partial charge in [0.15, 0.2) is 0 Å². The molecule has 1 rings (SSSR count). The summed E-state index contributed by atoms with van der Waals surface area (Å²) in [4.78, 5) is 0. The molecule has 0 saturated carbocycles. The topological polar surface area (TPSA) is 21.3 Å². The molecule has 3 heteroatoms. The Kier molecular flexibility index (Phi) is 4.37. The van der Waals surface area contributed by atoms with Crippen molar-refractivity contribution < 1.29 is 4.74 Å². The van der Waals surface area contributed by atoms with Gasteiger partial charge in [0.1, 0.15) is 0 Å². The number of nitrogens with one attached hydrogen (secondary N) is 1. The summed E-state index contributed by atoms with van der Waals surface area (Å²) in [7, 11) is 0. The molecule has 0 aromatic rings. The normalized spacial score (nSPS) is 18.8. The van der Waals surface area contributed by atoms with Gasteiger partial charge in [0.25, 0.3) is 0 Å². The Morgan fingerprint density at radius 2 is 1.91 bits per heavy atom. The Labute approximate surface area is 75.1 Å². The van der Waals surface area contributed by atoms with Crippen molar-refractivity contribution in [3.8, 4) is 0 Å². The maximum absolute atomic E-state index is 5.59. The highest BCUT2D eigenvalue weighted by Crippen LogP contribution is 2.11. The minimum atomic E-state index is 0. The molecular weight excluding hydrogens is 162 g/mol. The predicted octanol–water partition coefficient (Wildman–Crippen LogP) is 1.44. The first-order valence-corrected chi connectivity index (χ1v) is 3.92. The minimum absolute atomic E-state index is 0. The van der Waals surface area contributed by atoms with Gasteiger partial charge < -0.3 is 10.1 Å². The summed E-state index contributed by atoms with van der Waals surface area (Å²) >= 11 is 0. The molecule has 2 nitrogen and oxygen atoms in total. The number of rotatable bonds is 2. The van der Waals surface area contributed by atoms with Crippen LogP contribution < -0.4 is 5.32 Å². The lowest BCUT2D eigenvalue weighted by Crippen LogP contribution is -2.45. The molecule has 0 bridgehead atoms. The number of hydrogen-bond donors (Lipinski definition) is 1. The van der Waals surface area contributed by atoms with Crippen LogP contribution in [0.15, 0.2) is 0 Å². The van der Waals surface area contributed by atoms with Crippen molar-refractivity contribution in [2.24, 2.45) is 5.92 Å². The molecule has 1 saturated heterocycles. The third-order valence-electron chi connectivity index (χ3n) is 1.62. The maximum atomic E-state index is 5.59. The SMILES string of the molecule is CC(C)(C)OCC1CNC1.Cl. The summed E-state index contributed by atoms with van der Waals surface area (Å²) in [6.45, 7) is 9.47. The van der Waals surface area contributed by atoms with E-state index in [1.54, 1.807) is 0 Å². The molecule has 0 amide bonds. The Morgan fingerprint density at radius 1 is 1.36 bits per heavy atom. The Balaban J connectivity index is 0.000001000. The Bertz CT molecular complexity index is 107. The average Bonchev–Trinajstić information content (AvgIpc) is 1.56. The van der Waals surface area contributed by atoms with E-state index in [0.29, 0.717) is 0 Å². The molecule has 0 spiro atoms. The van der Waals surface area contributed by atoms with Crippen molar-refractivity contribution in [3.63, 3.8) is 0 Å². The smallest absolute Gasteiger partial charge is 0.0598 e. The van der Waals surface area contributed by atoms with Gasteiger partial charge in [-0.25, -0.2) is 0 Å². The van der Waals surface area contributed by atoms with Gasteiger partial charge >= 0.3 is 0 Å². The van der Waals surface area contributed by atoms with Gasteiger partial charge in [0.2, 0.25) is 0 Å². The summed E-state index contributed by atoms with van der Waals surface area (Å²) in [5.41, 5.74) is 0.0373. The monoisotopic (exact) mass is 179 g/mol. The van der Waals surface area contributed by atoms with Crippen LogP contribution in [-0.4, -0.2) is 25.3 Å². The van der Waals surface area contributed by atoms with Crippen molar-refractivity contribution in [1.29, 1.82) is 0 Å². The Hall–Kier alpha value is 0.210. The fourth-order valence-electron chi connectivity index (χ4n) is 0.834. The van der Waals surface area contributed by atoms with Crippen LogP contribution in [0, 0.1) is 5.92 Å². The van der Waals surface area contributed by atoms with Crippen LogP contribution in [0.5, 0.6) is 0 Å². The van der Waals surface area contributed by atoms with E-state index in [-0.39, 0.29) is 18.0 Å². The van der Waals surface area contributed by atoms with Crippen LogP contribution in [0.25, 0.3) is 0 Å². The predicted molar refractivity (Wildman–Crippen MR) is 49.3 cm³/mol. The van der Waals surface area contributed by atoms with Crippen LogP contribution in [0.2, 0.25) is 0 Å². The van der Waals surface area contributed by atoms with Gasteiger partial charge in [-0.3, -0.25) is 0 Å². The van der Waals surface area contributed by atoms with E-state index in [0.717, 1.165) is 25.6 Å². The lowest BCUT2D eigenvalue weighted by molar-refractivity contribution is -0.0303. The minimum Gasteiger partial charge on any atom is -0.375 e. The zero-order chi connectivity index (χ0) is 7.61. The largest absolute Gasteiger partial charge is 0.375 e. The van der Waals surface area contributed by atoms with Crippen LogP contribution in [0.1, 0.15) is 20.8 Å². The van der Waals surface area contributed by atoms with Gasteiger partial charge in [0, 0.05) is 19.0 Å². The summed E-state index contributed by atoms with van der Waals surface area (Å²) < 4.78 is 5.59. The molecule has 1 aliphatic rings. The summed E-state index contributed by atoms with van der Waals surface area (Å²) in [6.07, 6.45) is 0. The summed E-state index contributed by atoms with van der Waals surface area (Å²) in [5, 5.41) is 3.22. The van der Waals surface area contributed by atoms with Gasteiger partial charge in [-0.15, -0.1) is 12.4 Å². The molecule has 1 fully saturated rings. The number of halogens is 1. The molecule has 0 atom stereocenters. The van der Waals surface area contributed by atoms with Crippen molar-refractivity contribution in [2.75, 3.05) is 19.7 Å². The van der Waals surface area contributed by atoms with Crippen LogP contribution in [0.4, 0.5) is 0 Å².